The van der Waals surface area contributed by atoms with Gasteiger partial charge in [0, 0.05) is 12.1 Å². The molecule has 0 rings (SSSR count). The summed E-state index contributed by atoms with van der Waals surface area (Å²) in [4.78, 5) is 11.3. The Kier molecular flexibility index (Phi) is 7.56. The average molecular weight is 321 g/mol. The van der Waals surface area contributed by atoms with Gasteiger partial charge in [0.1, 0.15) is 0 Å². The molecule has 0 aliphatic heterocycles. The van der Waals surface area contributed by atoms with Gasteiger partial charge >= 0.3 is 0 Å². The van der Waals surface area contributed by atoms with Crippen LogP contribution in [0.25, 0.3) is 0 Å². The number of rotatable bonds is 10. The van der Waals surface area contributed by atoms with Crippen LogP contribution in [0.15, 0.2) is 12.7 Å². The first kappa shape index (κ1) is 20.1. The number of carbonyl (C=O) groups is 1. The molecule has 6 nitrogen and oxygen atoms in total. The molecule has 21 heavy (non-hydrogen) atoms. The van der Waals surface area contributed by atoms with Crippen LogP contribution in [0.3, 0.4) is 0 Å². The zero-order valence-electron chi connectivity index (χ0n) is 13.3. The summed E-state index contributed by atoms with van der Waals surface area (Å²) < 4.78 is 35.7. The van der Waals surface area contributed by atoms with Crippen molar-refractivity contribution in [2.75, 3.05) is 12.4 Å². The number of ether oxygens (including phenoxy) is 1. The molecule has 1 amide bonds. The van der Waals surface area contributed by atoms with E-state index in [-0.39, 0.29) is 11.7 Å². The van der Waals surface area contributed by atoms with Crippen LogP contribution in [-0.4, -0.2) is 42.4 Å². The summed E-state index contributed by atoms with van der Waals surface area (Å²) in [5.74, 6) is -0.492. The molecule has 0 saturated heterocycles. The number of hydrogen-bond acceptors (Lipinski definition) is 4. The molecule has 0 fully saturated rings. The van der Waals surface area contributed by atoms with E-state index in [1.807, 2.05) is 27.7 Å². The monoisotopic (exact) mass is 321 g/mol. The van der Waals surface area contributed by atoms with E-state index in [1.165, 1.54) is 6.08 Å². The second-order valence-electron chi connectivity index (χ2n) is 6.33. The molecule has 0 spiro atoms. The summed E-state index contributed by atoms with van der Waals surface area (Å²) in [5, 5.41) is 2.81. The van der Waals surface area contributed by atoms with Crippen molar-refractivity contribution in [2.45, 2.75) is 58.1 Å². The van der Waals surface area contributed by atoms with E-state index < -0.39 is 21.3 Å². The van der Waals surface area contributed by atoms with Gasteiger partial charge in [-0.3, -0.25) is 9.35 Å². The topological polar surface area (TPSA) is 92.7 Å². The lowest BCUT2D eigenvalue weighted by atomic mass is 10.00. The molecule has 0 aliphatic carbocycles. The molecule has 0 bridgehead atoms. The van der Waals surface area contributed by atoms with Crippen molar-refractivity contribution in [1.82, 2.24) is 5.32 Å². The van der Waals surface area contributed by atoms with Crippen LogP contribution in [0.4, 0.5) is 0 Å². The van der Waals surface area contributed by atoms with Gasteiger partial charge < -0.3 is 10.1 Å². The van der Waals surface area contributed by atoms with E-state index in [2.05, 4.69) is 11.9 Å². The van der Waals surface area contributed by atoms with Gasteiger partial charge in [-0.1, -0.05) is 6.58 Å². The van der Waals surface area contributed by atoms with Crippen LogP contribution < -0.4 is 5.32 Å². The van der Waals surface area contributed by atoms with Crippen LogP contribution in [0.1, 0.15) is 47.0 Å². The van der Waals surface area contributed by atoms with E-state index in [1.54, 1.807) is 0 Å². The normalized spacial score (nSPS) is 13.0. The lowest BCUT2D eigenvalue weighted by Crippen LogP contribution is -2.44. The molecular formula is C14H27NO5S. The van der Waals surface area contributed by atoms with Gasteiger partial charge in [-0.05, 0) is 53.0 Å². The third-order valence-electron chi connectivity index (χ3n) is 3.05. The summed E-state index contributed by atoms with van der Waals surface area (Å²) in [5.41, 5.74) is -0.890. The standard InChI is InChI=1S/C14H27NO5S/c1-6-12(16)15-13(2,3)9-10-20-14(4,5)8-7-11-21(17,18)19/h6H,1,7-11H2,2-5H3,(H,15,16)(H,17,18,19). The van der Waals surface area contributed by atoms with E-state index in [9.17, 15) is 13.2 Å². The highest BCUT2D eigenvalue weighted by molar-refractivity contribution is 7.85. The summed E-state index contributed by atoms with van der Waals surface area (Å²) in [7, 11) is -3.92. The first-order valence-electron chi connectivity index (χ1n) is 6.91. The highest BCUT2D eigenvalue weighted by Crippen LogP contribution is 2.19. The minimum absolute atomic E-state index is 0.229. The Balaban J connectivity index is 4.13. The molecule has 0 saturated carbocycles. The van der Waals surface area contributed by atoms with Gasteiger partial charge in [0.05, 0.1) is 11.4 Å². The third-order valence-corrected chi connectivity index (χ3v) is 3.85. The Bertz CT molecular complexity index is 454. The molecule has 2 N–H and O–H groups in total. The highest BCUT2D eigenvalue weighted by Gasteiger charge is 2.23. The molecule has 0 aromatic carbocycles. The van der Waals surface area contributed by atoms with Crippen LogP contribution in [0, 0.1) is 0 Å². The zero-order chi connectivity index (χ0) is 16.7. The third kappa shape index (κ3) is 11.4. The van der Waals surface area contributed by atoms with Crippen molar-refractivity contribution in [1.29, 1.82) is 0 Å². The van der Waals surface area contributed by atoms with Crippen molar-refractivity contribution >= 4 is 16.0 Å². The minimum Gasteiger partial charge on any atom is -0.375 e. The Hall–Kier alpha value is -0.920. The van der Waals surface area contributed by atoms with Crippen molar-refractivity contribution in [3.05, 3.63) is 12.7 Å². The minimum atomic E-state index is -3.92. The predicted molar refractivity (Wildman–Crippen MR) is 82.7 cm³/mol. The molecule has 0 unspecified atom stereocenters. The van der Waals surface area contributed by atoms with Crippen LogP contribution in [0.5, 0.6) is 0 Å². The van der Waals surface area contributed by atoms with Gasteiger partial charge in [-0.2, -0.15) is 8.42 Å². The summed E-state index contributed by atoms with van der Waals surface area (Å²) >= 11 is 0. The maximum atomic E-state index is 11.3. The molecule has 0 atom stereocenters. The Morgan fingerprint density at radius 1 is 1.29 bits per heavy atom. The van der Waals surface area contributed by atoms with E-state index in [0.717, 1.165) is 0 Å². The molecule has 0 heterocycles. The van der Waals surface area contributed by atoms with Gasteiger partial charge in [-0.15, -0.1) is 0 Å². The average Bonchev–Trinajstić information content (AvgIpc) is 2.25. The molecule has 0 aliphatic rings. The number of hydrogen-bond donors (Lipinski definition) is 2. The fourth-order valence-electron chi connectivity index (χ4n) is 1.78. The number of amides is 1. The Morgan fingerprint density at radius 3 is 2.33 bits per heavy atom. The van der Waals surface area contributed by atoms with Crippen molar-refractivity contribution in [3.63, 3.8) is 0 Å². The van der Waals surface area contributed by atoms with Crippen LogP contribution >= 0.6 is 0 Å². The molecule has 0 aromatic heterocycles. The van der Waals surface area contributed by atoms with Crippen molar-refractivity contribution < 1.29 is 22.5 Å². The van der Waals surface area contributed by atoms with Crippen molar-refractivity contribution in [3.8, 4) is 0 Å². The molecular weight excluding hydrogens is 294 g/mol. The molecule has 7 heteroatoms. The zero-order valence-corrected chi connectivity index (χ0v) is 14.1. The van der Waals surface area contributed by atoms with Gasteiger partial charge in [0.2, 0.25) is 5.91 Å². The highest BCUT2D eigenvalue weighted by atomic mass is 32.2. The van der Waals surface area contributed by atoms with Crippen LogP contribution in [0.2, 0.25) is 0 Å². The predicted octanol–water partition coefficient (Wildman–Crippen LogP) is 1.92. The fourth-order valence-corrected chi connectivity index (χ4v) is 2.29. The van der Waals surface area contributed by atoms with Gasteiger partial charge in [0.15, 0.2) is 0 Å². The molecule has 124 valence electrons. The number of nitrogens with one attached hydrogen (secondary N) is 1. The van der Waals surface area contributed by atoms with Crippen molar-refractivity contribution in [2.24, 2.45) is 0 Å². The molecule has 0 radical (unpaired) electrons. The maximum absolute atomic E-state index is 11.3. The summed E-state index contributed by atoms with van der Waals surface area (Å²) in [6.45, 7) is 11.4. The maximum Gasteiger partial charge on any atom is 0.264 e. The first-order valence-corrected chi connectivity index (χ1v) is 8.51. The summed E-state index contributed by atoms with van der Waals surface area (Å²) in [6, 6.07) is 0. The quantitative estimate of drug-likeness (QED) is 0.474. The Morgan fingerprint density at radius 2 is 1.86 bits per heavy atom. The second-order valence-corrected chi connectivity index (χ2v) is 7.90. The fraction of sp³-hybridized carbons (Fsp3) is 0.786. The Labute approximate surface area is 127 Å². The first-order chi connectivity index (χ1) is 9.37. The summed E-state index contributed by atoms with van der Waals surface area (Å²) in [6.07, 6.45) is 2.70. The van der Waals surface area contributed by atoms with E-state index >= 15 is 0 Å². The number of carbonyl (C=O) groups excluding carboxylic acids is 1. The van der Waals surface area contributed by atoms with E-state index in [0.29, 0.717) is 25.9 Å². The van der Waals surface area contributed by atoms with Crippen LogP contribution in [-0.2, 0) is 19.6 Å². The lowest BCUT2D eigenvalue weighted by molar-refractivity contribution is -0.118. The van der Waals surface area contributed by atoms with Gasteiger partial charge in [-0.25, -0.2) is 0 Å². The second kappa shape index (κ2) is 7.91. The molecule has 0 aromatic rings. The van der Waals surface area contributed by atoms with E-state index in [4.69, 9.17) is 9.29 Å². The van der Waals surface area contributed by atoms with Gasteiger partial charge in [0.25, 0.3) is 10.1 Å². The largest absolute Gasteiger partial charge is 0.375 e. The lowest BCUT2D eigenvalue weighted by Gasteiger charge is -2.30. The SMILES string of the molecule is C=CC(=O)NC(C)(C)CCOC(C)(C)CCCS(=O)(=O)O. The smallest absolute Gasteiger partial charge is 0.264 e.